The van der Waals surface area contributed by atoms with Gasteiger partial charge in [0.05, 0.1) is 11.4 Å². The number of hydrogen-bond acceptors (Lipinski definition) is 6. The summed E-state index contributed by atoms with van der Waals surface area (Å²) < 4.78 is 18.9. The lowest BCUT2D eigenvalue weighted by Gasteiger charge is -2.13. The fourth-order valence-corrected chi connectivity index (χ4v) is 3.78. The van der Waals surface area contributed by atoms with Crippen molar-refractivity contribution in [3.63, 3.8) is 0 Å². The van der Waals surface area contributed by atoms with E-state index in [4.69, 9.17) is 10.5 Å². The summed E-state index contributed by atoms with van der Waals surface area (Å²) in [5, 5.41) is 3.10. The first-order valence-electron chi connectivity index (χ1n) is 8.20. The molecule has 1 unspecified atom stereocenters. The maximum atomic E-state index is 13.6. The van der Waals surface area contributed by atoms with E-state index in [1.807, 2.05) is 19.9 Å². The van der Waals surface area contributed by atoms with Crippen molar-refractivity contribution in [2.45, 2.75) is 26.9 Å². The number of nitrogens with two attached hydrogens (primary N) is 1. The molecule has 2 heterocycles. The lowest BCUT2D eigenvalue weighted by Crippen LogP contribution is -2.30. The molecule has 140 valence electrons. The minimum absolute atomic E-state index is 0.0158. The van der Waals surface area contributed by atoms with Crippen molar-refractivity contribution < 1.29 is 18.7 Å². The molecule has 1 amide bonds. The molecule has 0 spiro atoms. The number of aromatic nitrogens is 1. The highest BCUT2D eigenvalue weighted by atomic mass is 32.1. The molecular formula is C19H18FN3O3S. The Balaban J connectivity index is 1.78. The van der Waals surface area contributed by atoms with Gasteiger partial charge in [-0.05, 0) is 44.5 Å². The number of nitrogens with zero attached hydrogens (tertiary/aromatic N) is 1. The van der Waals surface area contributed by atoms with Crippen LogP contribution in [0.25, 0.3) is 10.2 Å². The summed E-state index contributed by atoms with van der Waals surface area (Å²) >= 11 is 1.12. The Morgan fingerprint density at radius 3 is 2.70 bits per heavy atom. The molecule has 0 saturated carbocycles. The number of pyridine rings is 1. The van der Waals surface area contributed by atoms with Gasteiger partial charge in [0.25, 0.3) is 5.91 Å². The maximum absolute atomic E-state index is 13.6. The van der Waals surface area contributed by atoms with E-state index in [1.54, 1.807) is 6.07 Å². The smallest absolute Gasteiger partial charge is 0.351 e. The molecule has 1 atom stereocenters. The predicted octanol–water partition coefficient (Wildman–Crippen LogP) is 3.82. The van der Waals surface area contributed by atoms with Gasteiger partial charge in [0.1, 0.15) is 15.5 Å². The summed E-state index contributed by atoms with van der Waals surface area (Å²) in [5.41, 5.74) is 8.14. The normalized spacial score (nSPS) is 12.0. The van der Waals surface area contributed by atoms with Crippen molar-refractivity contribution in [3.05, 3.63) is 52.3 Å². The van der Waals surface area contributed by atoms with Crippen LogP contribution in [-0.2, 0) is 9.53 Å². The van der Waals surface area contributed by atoms with Gasteiger partial charge < -0.3 is 15.8 Å². The number of amides is 1. The van der Waals surface area contributed by atoms with E-state index >= 15 is 0 Å². The van der Waals surface area contributed by atoms with Gasteiger partial charge in [-0.2, -0.15) is 0 Å². The lowest BCUT2D eigenvalue weighted by atomic mass is 10.1. The van der Waals surface area contributed by atoms with E-state index in [2.05, 4.69) is 10.3 Å². The minimum atomic E-state index is -1.13. The first kappa shape index (κ1) is 18.8. The Kier molecular flexibility index (Phi) is 5.09. The SMILES string of the molecule is Cc1cc(C)c2c(N)c(C(=O)OC(C)C(=O)Nc3ccccc3F)sc2n1. The van der Waals surface area contributed by atoms with Crippen molar-refractivity contribution in [1.82, 2.24) is 4.98 Å². The molecule has 0 aliphatic rings. The fourth-order valence-electron chi connectivity index (χ4n) is 2.69. The van der Waals surface area contributed by atoms with Gasteiger partial charge in [-0.25, -0.2) is 14.2 Å². The van der Waals surface area contributed by atoms with E-state index in [0.717, 1.165) is 22.6 Å². The summed E-state index contributed by atoms with van der Waals surface area (Å²) in [6, 6.07) is 7.62. The fraction of sp³-hybridized carbons (Fsp3) is 0.211. The summed E-state index contributed by atoms with van der Waals surface area (Å²) in [4.78, 5) is 29.9. The number of nitrogen functional groups attached to an aromatic ring is 1. The number of thiophene rings is 1. The first-order valence-corrected chi connectivity index (χ1v) is 9.02. The van der Waals surface area contributed by atoms with Crippen molar-refractivity contribution in [2.24, 2.45) is 0 Å². The summed E-state index contributed by atoms with van der Waals surface area (Å²) in [5.74, 6) is -1.93. The van der Waals surface area contributed by atoms with E-state index < -0.39 is 23.8 Å². The Hall–Kier alpha value is -3.00. The molecule has 27 heavy (non-hydrogen) atoms. The molecule has 0 bridgehead atoms. The van der Waals surface area contributed by atoms with Crippen LogP contribution >= 0.6 is 11.3 Å². The second-order valence-electron chi connectivity index (χ2n) is 6.12. The minimum Gasteiger partial charge on any atom is -0.448 e. The van der Waals surface area contributed by atoms with Crippen LogP contribution in [0.5, 0.6) is 0 Å². The van der Waals surface area contributed by atoms with Gasteiger partial charge in [0.2, 0.25) is 0 Å². The Labute approximate surface area is 159 Å². The van der Waals surface area contributed by atoms with Gasteiger partial charge in [-0.1, -0.05) is 12.1 Å². The number of nitrogens with one attached hydrogen (secondary N) is 1. The van der Waals surface area contributed by atoms with Crippen LogP contribution in [0.2, 0.25) is 0 Å². The van der Waals surface area contributed by atoms with Crippen molar-refractivity contribution in [3.8, 4) is 0 Å². The number of ether oxygens (including phenoxy) is 1. The zero-order valence-electron chi connectivity index (χ0n) is 15.0. The standard InChI is InChI=1S/C19H18FN3O3S/c1-9-8-10(2)22-18-14(9)15(21)16(27-18)19(25)26-11(3)17(24)23-13-7-5-4-6-12(13)20/h4-8,11H,21H2,1-3H3,(H,23,24). The van der Waals surface area contributed by atoms with Crippen LogP contribution in [0.15, 0.2) is 30.3 Å². The third kappa shape index (κ3) is 3.75. The van der Waals surface area contributed by atoms with Gasteiger partial charge in [0.15, 0.2) is 6.10 Å². The van der Waals surface area contributed by atoms with E-state index in [-0.39, 0.29) is 16.3 Å². The number of carbonyl (C=O) groups excluding carboxylic acids is 2. The molecule has 0 aliphatic heterocycles. The Morgan fingerprint density at radius 2 is 2.00 bits per heavy atom. The molecule has 1 aromatic carbocycles. The molecule has 3 N–H and O–H groups in total. The molecule has 0 fully saturated rings. The Bertz CT molecular complexity index is 1050. The molecule has 0 saturated heterocycles. The highest BCUT2D eigenvalue weighted by Gasteiger charge is 2.24. The van der Waals surface area contributed by atoms with Crippen LogP contribution in [0, 0.1) is 19.7 Å². The largest absolute Gasteiger partial charge is 0.448 e. The zero-order chi connectivity index (χ0) is 19.7. The highest BCUT2D eigenvalue weighted by Crippen LogP contribution is 2.35. The average molecular weight is 387 g/mol. The van der Waals surface area contributed by atoms with Gasteiger partial charge in [-0.15, -0.1) is 11.3 Å². The van der Waals surface area contributed by atoms with E-state index in [9.17, 15) is 14.0 Å². The quantitative estimate of drug-likeness (QED) is 0.664. The Morgan fingerprint density at radius 1 is 1.30 bits per heavy atom. The molecule has 3 aromatic rings. The molecule has 3 rings (SSSR count). The highest BCUT2D eigenvalue weighted by molar-refractivity contribution is 7.21. The third-order valence-electron chi connectivity index (χ3n) is 3.99. The molecular weight excluding hydrogens is 369 g/mol. The van der Waals surface area contributed by atoms with Crippen LogP contribution in [0.1, 0.15) is 27.9 Å². The van der Waals surface area contributed by atoms with Gasteiger partial charge in [-0.3, -0.25) is 4.79 Å². The number of para-hydroxylation sites is 1. The topological polar surface area (TPSA) is 94.3 Å². The molecule has 0 radical (unpaired) electrons. The first-order chi connectivity index (χ1) is 12.8. The van der Waals surface area contributed by atoms with Crippen LogP contribution < -0.4 is 11.1 Å². The number of aryl methyl sites for hydroxylation is 2. The number of esters is 1. The number of carbonyl (C=O) groups is 2. The molecule has 0 aliphatic carbocycles. The molecule has 2 aromatic heterocycles. The van der Waals surface area contributed by atoms with Crippen molar-refractivity contribution >= 4 is 44.8 Å². The predicted molar refractivity (Wildman–Crippen MR) is 103 cm³/mol. The molecule has 6 nitrogen and oxygen atoms in total. The number of hydrogen-bond donors (Lipinski definition) is 2. The van der Waals surface area contributed by atoms with E-state index in [1.165, 1.54) is 25.1 Å². The van der Waals surface area contributed by atoms with Crippen molar-refractivity contribution in [2.75, 3.05) is 11.1 Å². The number of fused-ring (bicyclic) bond motifs is 1. The van der Waals surface area contributed by atoms with Gasteiger partial charge in [0, 0.05) is 11.1 Å². The third-order valence-corrected chi connectivity index (χ3v) is 5.07. The van der Waals surface area contributed by atoms with Crippen LogP contribution in [0.3, 0.4) is 0 Å². The number of anilines is 2. The number of halogens is 1. The zero-order valence-corrected chi connectivity index (χ0v) is 15.8. The average Bonchev–Trinajstić information content (AvgIpc) is 2.93. The van der Waals surface area contributed by atoms with Crippen LogP contribution in [-0.4, -0.2) is 23.0 Å². The second kappa shape index (κ2) is 7.32. The monoisotopic (exact) mass is 387 g/mol. The second-order valence-corrected chi connectivity index (χ2v) is 7.12. The lowest BCUT2D eigenvalue weighted by molar-refractivity contribution is -0.123. The maximum Gasteiger partial charge on any atom is 0.351 e. The number of benzene rings is 1. The molecule has 8 heteroatoms. The van der Waals surface area contributed by atoms with Crippen molar-refractivity contribution in [1.29, 1.82) is 0 Å². The summed E-state index contributed by atoms with van der Waals surface area (Å²) in [6.45, 7) is 5.15. The summed E-state index contributed by atoms with van der Waals surface area (Å²) in [7, 11) is 0. The van der Waals surface area contributed by atoms with E-state index in [0.29, 0.717) is 10.2 Å². The number of rotatable bonds is 4. The van der Waals surface area contributed by atoms with Crippen LogP contribution in [0.4, 0.5) is 15.8 Å². The summed E-state index contributed by atoms with van der Waals surface area (Å²) in [6.07, 6.45) is -1.13. The van der Waals surface area contributed by atoms with Gasteiger partial charge >= 0.3 is 5.97 Å².